The highest BCUT2D eigenvalue weighted by Gasteiger charge is 2.16. The number of hydrogen-bond acceptors (Lipinski definition) is 2. The van der Waals surface area contributed by atoms with Gasteiger partial charge in [0.15, 0.2) is 0 Å². The fourth-order valence-corrected chi connectivity index (χ4v) is 2.31. The molecular formula is C15H22N2. The molecule has 92 valence electrons. The molecule has 1 atom stereocenters. The first-order valence-electron chi connectivity index (χ1n) is 6.46. The normalized spacial score (nSPS) is 21.4. The maximum atomic E-state index is 3.77. The van der Waals surface area contributed by atoms with Gasteiger partial charge in [0.25, 0.3) is 0 Å². The van der Waals surface area contributed by atoms with Crippen LogP contribution in [0.2, 0.25) is 0 Å². The Morgan fingerprint density at radius 2 is 2.18 bits per heavy atom. The van der Waals surface area contributed by atoms with Crippen molar-refractivity contribution in [1.29, 1.82) is 0 Å². The van der Waals surface area contributed by atoms with Gasteiger partial charge in [-0.25, -0.2) is 0 Å². The van der Waals surface area contributed by atoms with Crippen LogP contribution in [0.15, 0.2) is 30.8 Å². The highest BCUT2D eigenvalue weighted by atomic mass is 15.2. The van der Waals surface area contributed by atoms with E-state index in [9.17, 15) is 0 Å². The highest BCUT2D eigenvalue weighted by molar-refractivity contribution is 5.47. The highest BCUT2D eigenvalue weighted by Crippen LogP contribution is 2.09. The molecular weight excluding hydrogens is 208 g/mol. The summed E-state index contributed by atoms with van der Waals surface area (Å²) in [6.45, 7) is 10.7. The minimum absolute atomic E-state index is 0.663. The van der Waals surface area contributed by atoms with E-state index in [0.29, 0.717) is 6.04 Å². The van der Waals surface area contributed by atoms with E-state index in [1.165, 1.54) is 17.7 Å². The van der Waals surface area contributed by atoms with Crippen LogP contribution >= 0.6 is 0 Å². The van der Waals surface area contributed by atoms with E-state index in [4.69, 9.17) is 0 Å². The van der Waals surface area contributed by atoms with Gasteiger partial charge in [-0.2, -0.15) is 0 Å². The second kappa shape index (κ2) is 5.99. The van der Waals surface area contributed by atoms with Crippen molar-refractivity contribution in [2.24, 2.45) is 0 Å². The Hall–Kier alpha value is -1.12. The predicted molar refractivity (Wildman–Crippen MR) is 74.1 cm³/mol. The molecule has 2 heteroatoms. The Bertz CT molecular complexity index is 356. The summed E-state index contributed by atoms with van der Waals surface area (Å²) in [4.78, 5) is 2.57. The molecule has 1 N–H and O–H groups in total. The molecule has 0 bridgehead atoms. The van der Waals surface area contributed by atoms with Crippen LogP contribution in [-0.2, 0) is 6.42 Å². The third kappa shape index (κ3) is 3.42. The number of piperazine rings is 1. The molecule has 2 nitrogen and oxygen atoms in total. The fraction of sp³-hybridized carbons (Fsp3) is 0.467. The number of nitrogens with one attached hydrogen (secondary N) is 1. The Morgan fingerprint density at radius 3 is 2.82 bits per heavy atom. The average Bonchev–Trinajstić information content (AvgIpc) is 2.38. The van der Waals surface area contributed by atoms with Crippen LogP contribution in [-0.4, -0.2) is 37.1 Å². The molecule has 0 spiro atoms. The standard InChI is InChI=1S/C15H22N2/c1-3-14-4-6-15(7-5-14)8-10-17-11-9-16-12-13(17)2/h3-7,13,16H,1,8-12H2,2H3. The van der Waals surface area contributed by atoms with E-state index in [2.05, 4.69) is 48.0 Å². The Balaban J connectivity index is 1.85. The largest absolute Gasteiger partial charge is 0.314 e. The van der Waals surface area contributed by atoms with E-state index in [1.807, 2.05) is 6.08 Å². The fourth-order valence-electron chi connectivity index (χ4n) is 2.31. The summed E-state index contributed by atoms with van der Waals surface area (Å²) in [5.74, 6) is 0. The molecule has 0 saturated carbocycles. The second-order valence-corrected chi connectivity index (χ2v) is 4.78. The van der Waals surface area contributed by atoms with Crippen molar-refractivity contribution in [3.05, 3.63) is 42.0 Å². The zero-order valence-electron chi connectivity index (χ0n) is 10.7. The van der Waals surface area contributed by atoms with Gasteiger partial charge >= 0.3 is 0 Å². The van der Waals surface area contributed by atoms with Crippen LogP contribution in [0.1, 0.15) is 18.1 Å². The zero-order valence-corrected chi connectivity index (χ0v) is 10.7. The van der Waals surface area contributed by atoms with Gasteiger partial charge in [-0.15, -0.1) is 0 Å². The molecule has 0 aromatic heterocycles. The average molecular weight is 230 g/mol. The quantitative estimate of drug-likeness (QED) is 0.853. The van der Waals surface area contributed by atoms with Crippen LogP contribution < -0.4 is 5.32 Å². The molecule has 1 saturated heterocycles. The molecule has 1 aromatic rings. The summed E-state index contributed by atoms with van der Waals surface area (Å²) in [5, 5.41) is 3.42. The van der Waals surface area contributed by atoms with Crippen LogP contribution in [0.4, 0.5) is 0 Å². The number of rotatable bonds is 4. The van der Waals surface area contributed by atoms with Crippen molar-refractivity contribution < 1.29 is 0 Å². The summed E-state index contributed by atoms with van der Waals surface area (Å²) < 4.78 is 0. The summed E-state index contributed by atoms with van der Waals surface area (Å²) in [6.07, 6.45) is 3.03. The Kier molecular flexibility index (Phi) is 4.35. The lowest BCUT2D eigenvalue weighted by Crippen LogP contribution is -2.50. The first kappa shape index (κ1) is 12.3. The van der Waals surface area contributed by atoms with Crippen molar-refractivity contribution in [2.75, 3.05) is 26.2 Å². The van der Waals surface area contributed by atoms with E-state index in [0.717, 1.165) is 26.1 Å². The van der Waals surface area contributed by atoms with Crippen molar-refractivity contribution in [3.8, 4) is 0 Å². The molecule has 1 fully saturated rings. The lowest BCUT2D eigenvalue weighted by Gasteiger charge is -2.33. The molecule has 0 radical (unpaired) electrons. The lowest BCUT2D eigenvalue weighted by molar-refractivity contribution is 0.176. The first-order valence-corrected chi connectivity index (χ1v) is 6.46. The minimum Gasteiger partial charge on any atom is -0.314 e. The van der Waals surface area contributed by atoms with Crippen LogP contribution in [0.25, 0.3) is 6.08 Å². The monoisotopic (exact) mass is 230 g/mol. The van der Waals surface area contributed by atoms with Gasteiger partial charge in [0, 0.05) is 32.2 Å². The Morgan fingerprint density at radius 1 is 1.41 bits per heavy atom. The molecule has 1 aromatic carbocycles. The van der Waals surface area contributed by atoms with Gasteiger partial charge in [-0.05, 0) is 24.5 Å². The molecule has 1 unspecified atom stereocenters. The van der Waals surface area contributed by atoms with Gasteiger partial charge in [0.05, 0.1) is 0 Å². The van der Waals surface area contributed by atoms with Gasteiger partial charge in [-0.1, -0.05) is 36.9 Å². The summed E-state index contributed by atoms with van der Waals surface area (Å²) in [5.41, 5.74) is 2.62. The zero-order chi connectivity index (χ0) is 12.1. The van der Waals surface area contributed by atoms with E-state index in [1.54, 1.807) is 0 Å². The molecule has 1 aliphatic rings. The molecule has 0 amide bonds. The van der Waals surface area contributed by atoms with Crippen molar-refractivity contribution in [2.45, 2.75) is 19.4 Å². The van der Waals surface area contributed by atoms with E-state index in [-0.39, 0.29) is 0 Å². The van der Waals surface area contributed by atoms with Gasteiger partial charge in [0.2, 0.25) is 0 Å². The number of hydrogen-bond donors (Lipinski definition) is 1. The SMILES string of the molecule is C=Cc1ccc(CCN2CCNCC2C)cc1. The van der Waals surface area contributed by atoms with Crippen LogP contribution in [0.5, 0.6) is 0 Å². The maximum Gasteiger partial charge on any atom is 0.0193 e. The first-order chi connectivity index (χ1) is 8.29. The van der Waals surface area contributed by atoms with E-state index < -0.39 is 0 Å². The molecule has 1 aliphatic heterocycles. The second-order valence-electron chi connectivity index (χ2n) is 4.78. The van der Waals surface area contributed by atoms with Crippen molar-refractivity contribution >= 4 is 6.08 Å². The van der Waals surface area contributed by atoms with Crippen LogP contribution in [0.3, 0.4) is 0 Å². The molecule has 2 rings (SSSR count). The van der Waals surface area contributed by atoms with E-state index >= 15 is 0 Å². The summed E-state index contributed by atoms with van der Waals surface area (Å²) in [7, 11) is 0. The third-order valence-electron chi connectivity index (χ3n) is 3.54. The van der Waals surface area contributed by atoms with Crippen LogP contribution in [0, 0.1) is 0 Å². The van der Waals surface area contributed by atoms with Gasteiger partial charge in [-0.3, -0.25) is 4.90 Å². The molecule has 17 heavy (non-hydrogen) atoms. The summed E-state index contributed by atoms with van der Waals surface area (Å²) in [6, 6.07) is 9.37. The van der Waals surface area contributed by atoms with Gasteiger partial charge < -0.3 is 5.32 Å². The summed E-state index contributed by atoms with van der Waals surface area (Å²) >= 11 is 0. The van der Waals surface area contributed by atoms with Crippen molar-refractivity contribution in [1.82, 2.24) is 10.2 Å². The molecule has 0 aliphatic carbocycles. The van der Waals surface area contributed by atoms with Crippen molar-refractivity contribution in [3.63, 3.8) is 0 Å². The minimum atomic E-state index is 0.663. The third-order valence-corrected chi connectivity index (χ3v) is 3.54. The van der Waals surface area contributed by atoms with Gasteiger partial charge in [0.1, 0.15) is 0 Å². The maximum absolute atomic E-state index is 3.77. The number of nitrogens with zero attached hydrogens (tertiary/aromatic N) is 1. The topological polar surface area (TPSA) is 15.3 Å². The molecule has 1 heterocycles. The number of benzene rings is 1. The lowest BCUT2D eigenvalue weighted by atomic mass is 10.1. The Labute approximate surface area is 104 Å². The smallest absolute Gasteiger partial charge is 0.0193 e. The predicted octanol–water partition coefficient (Wildman–Crippen LogP) is 2.17.